The number of amidine groups is 1. The van der Waals surface area contributed by atoms with Crippen LogP contribution >= 0.6 is 0 Å². The van der Waals surface area contributed by atoms with E-state index in [9.17, 15) is 4.79 Å². The molecule has 0 radical (unpaired) electrons. The lowest BCUT2D eigenvalue weighted by Gasteiger charge is -2.14. The van der Waals surface area contributed by atoms with Gasteiger partial charge in [0.2, 0.25) is 0 Å². The molecule has 0 saturated heterocycles. The third-order valence-electron chi connectivity index (χ3n) is 4.43. The molecule has 2 aromatic carbocycles. The zero-order valence-corrected chi connectivity index (χ0v) is 14.8. The summed E-state index contributed by atoms with van der Waals surface area (Å²) >= 11 is 0. The highest BCUT2D eigenvalue weighted by molar-refractivity contribution is 5.94. The Balaban J connectivity index is 1.75. The lowest BCUT2D eigenvalue weighted by molar-refractivity contribution is -0.122. The maximum absolute atomic E-state index is 12.4. The lowest BCUT2D eigenvalue weighted by Crippen LogP contribution is -2.23. The van der Waals surface area contributed by atoms with E-state index in [1.54, 1.807) is 0 Å². The fraction of sp³-hybridized carbons (Fsp3) is 0.333. The smallest absolute Gasteiger partial charge is 0.140 e. The summed E-state index contributed by atoms with van der Waals surface area (Å²) < 4.78 is 0. The predicted octanol–water partition coefficient (Wildman–Crippen LogP) is 3.29. The molecule has 0 bridgehead atoms. The number of carbonyl (C=O) groups is 1. The van der Waals surface area contributed by atoms with Gasteiger partial charge in [0.1, 0.15) is 11.6 Å². The van der Waals surface area contributed by atoms with Crippen LogP contribution in [0.25, 0.3) is 0 Å². The van der Waals surface area contributed by atoms with E-state index in [1.807, 2.05) is 54.6 Å². The predicted molar refractivity (Wildman–Crippen MR) is 103 cm³/mol. The highest BCUT2D eigenvalue weighted by Gasteiger charge is 2.16. The van der Waals surface area contributed by atoms with Crippen molar-refractivity contribution >= 4 is 11.6 Å². The highest BCUT2D eigenvalue weighted by Crippen LogP contribution is 2.13. The van der Waals surface area contributed by atoms with Crippen LogP contribution in [0.1, 0.15) is 36.5 Å². The monoisotopic (exact) mass is 337 g/mol. The topological polar surface area (TPSA) is 79.0 Å². The van der Waals surface area contributed by atoms with E-state index in [2.05, 4.69) is 12.2 Å². The standard InChI is InChI=1S/C21H27N3O/c1-2-18(20(25)14-16-6-4-3-5-7-16)12-13-24-15-17-8-10-19(11-9-17)21(22)23/h3-11,18,24H,2,12-15H2,1H3,(H3,22,23). The summed E-state index contributed by atoms with van der Waals surface area (Å²) in [4.78, 5) is 12.4. The molecule has 0 saturated carbocycles. The van der Waals surface area contributed by atoms with E-state index in [1.165, 1.54) is 0 Å². The van der Waals surface area contributed by atoms with Crippen LogP contribution in [0.3, 0.4) is 0 Å². The van der Waals surface area contributed by atoms with Crippen LogP contribution in [0.15, 0.2) is 54.6 Å². The average molecular weight is 337 g/mol. The quantitative estimate of drug-likeness (QED) is 0.354. The second-order valence-corrected chi connectivity index (χ2v) is 6.31. The summed E-state index contributed by atoms with van der Waals surface area (Å²) in [7, 11) is 0. The first-order valence-corrected chi connectivity index (χ1v) is 8.80. The third kappa shape index (κ3) is 6.16. The molecule has 0 aromatic heterocycles. The Morgan fingerprint density at radius 1 is 1.08 bits per heavy atom. The molecule has 4 N–H and O–H groups in total. The van der Waals surface area contributed by atoms with Crippen molar-refractivity contribution in [3.63, 3.8) is 0 Å². The first kappa shape index (κ1) is 18.9. The number of nitrogen functional groups attached to an aromatic ring is 1. The zero-order valence-electron chi connectivity index (χ0n) is 14.8. The molecule has 0 aliphatic heterocycles. The van der Waals surface area contributed by atoms with E-state index in [-0.39, 0.29) is 11.8 Å². The van der Waals surface area contributed by atoms with E-state index in [0.717, 1.165) is 42.6 Å². The number of ketones is 1. The van der Waals surface area contributed by atoms with Gasteiger partial charge in [0.05, 0.1) is 0 Å². The minimum atomic E-state index is 0.0854. The van der Waals surface area contributed by atoms with Crippen molar-refractivity contribution in [1.82, 2.24) is 5.32 Å². The van der Waals surface area contributed by atoms with E-state index in [0.29, 0.717) is 12.2 Å². The maximum Gasteiger partial charge on any atom is 0.140 e. The van der Waals surface area contributed by atoms with Gasteiger partial charge in [0.25, 0.3) is 0 Å². The first-order chi connectivity index (χ1) is 12.1. The molecule has 0 amide bonds. The Morgan fingerprint density at radius 3 is 2.36 bits per heavy atom. The van der Waals surface area contributed by atoms with Crippen molar-refractivity contribution in [3.05, 3.63) is 71.3 Å². The molecule has 0 heterocycles. The summed E-state index contributed by atoms with van der Waals surface area (Å²) in [5.41, 5.74) is 8.43. The number of benzene rings is 2. The van der Waals surface area contributed by atoms with Gasteiger partial charge in [-0.1, -0.05) is 61.5 Å². The largest absolute Gasteiger partial charge is 0.384 e. The van der Waals surface area contributed by atoms with Crippen LogP contribution in [0.2, 0.25) is 0 Å². The number of Topliss-reactive ketones (excluding diaryl/α,β-unsaturated/α-hetero) is 1. The number of carbonyl (C=O) groups excluding carboxylic acids is 1. The summed E-state index contributed by atoms with van der Waals surface area (Å²) in [6.45, 7) is 3.64. The Labute approximate surface area is 150 Å². The van der Waals surface area contributed by atoms with Crippen molar-refractivity contribution in [2.45, 2.75) is 32.7 Å². The van der Waals surface area contributed by atoms with Crippen molar-refractivity contribution in [2.75, 3.05) is 6.54 Å². The summed E-state index contributed by atoms with van der Waals surface area (Å²) in [6.07, 6.45) is 2.25. The van der Waals surface area contributed by atoms with Crippen LogP contribution < -0.4 is 11.1 Å². The van der Waals surface area contributed by atoms with Crippen LogP contribution in [-0.4, -0.2) is 18.2 Å². The number of rotatable bonds is 10. The van der Waals surface area contributed by atoms with Gasteiger partial charge in [-0.25, -0.2) is 0 Å². The molecule has 0 fully saturated rings. The molecule has 2 rings (SSSR count). The normalized spacial score (nSPS) is 11.9. The fourth-order valence-electron chi connectivity index (χ4n) is 2.85. The molecule has 2 aromatic rings. The van der Waals surface area contributed by atoms with Gasteiger partial charge in [-0.3, -0.25) is 10.2 Å². The van der Waals surface area contributed by atoms with Gasteiger partial charge in [0.15, 0.2) is 0 Å². The Bertz CT molecular complexity index is 680. The number of nitrogens with one attached hydrogen (secondary N) is 2. The number of nitrogens with two attached hydrogens (primary N) is 1. The van der Waals surface area contributed by atoms with Crippen LogP contribution in [0.4, 0.5) is 0 Å². The molecule has 1 atom stereocenters. The van der Waals surface area contributed by atoms with Crippen molar-refractivity contribution < 1.29 is 4.79 Å². The van der Waals surface area contributed by atoms with E-state index < -0.39 is 0 Å². The average Bonchev–Trinajstić information content (AvgIpc) is 2.63. The molecule has 1 unspecified atom stereocenters. The lowest BCUT2D eigenvalue weighted by atomic mass is 9.93. The van der Waals surface area contributed by atoms with Gasteiger partial charge in [-0.05, 0) is 30.5 Å². The Hall–Kier alpha value is -2.46. The Kier molecular flexibility index (Phi) is 7.36. The molecule has 4 heteroatoms. The molecule has 0 aliphatic rings. The second-order valence-electron chi connectivity index (χ2n) is 6.31. The maximum atomic E-state index is 12.4. The van der Waals surface area contributed by atoms with Crippen LogP contribution in [-0.2, 0) is 17.8 Å². The SMILES string of the molecule is CCC(CCNCc1ccc(C(=N)N)cc1)C(=O)Cc1ccccc1. The van der Waals surface area contributed by atoms with Gasteiger partial charge in [-0.2, -0.15) is 0 Å². The minimum Gasteiger partial charge on any atom is -0.384 e. The van der Waals surface area contributed by atoms with Gasteiger partial charge >= 0.3 is 0 Å². The van der Waals surface area contributed by atoms with Crippen molar-refractivity contribution in [1.29, 1.82) is 5.41 Å². The molecule has 4 nitrogen and oxygen atoms in total. The van der Waals surface area contributed by atoms with Crippen LogP contribution in [0.5, 0.6) is 0 Å². The molecule has 0 spiro atoms. The number of hydrogen-bond acceptors (Lipinski definition) is 3. The fourth-order valence-corrected chi connectivity index (χ4v) is 2.85. The highest BCUT2D eigenvalue weighted by atomic mass is 16.1. The minimum absolute atomic E-state index is 0.0854. The first-order valence-electron chi connectivity index (χ1n) is 8.80. The number of hydrogen-bond donors (Lipinski definition) is 3. The summed E-state index contributed by atoms with van der Waals surface area (Å²) in [5, 5.41) is 10.8. The van der Waals surface area contributed by atoms with Crippen LogP contribution in [0, 0.1) is 11.3 Å². The van der Waals surface area contributed by atoms with Gasteiger partial charge in [-0.15, -0.1) is 0 Å². The Morgan fingerprint density at radius 2 is 1.76 bits per heavy atom. The molecular weight excluding hydrogens is 310 g/mol. The molecule has 25 heavy (non-hydrogen) atoms. The summed E-state index contributed by atoms with van der Waals surface area (Å²) in [6, 6.07) is 17.6. The van der Waals surface area contributed by atoms with Crippen molar-refractivity contribution in [3.8, 4) is 0 Å². The molecular formula is C21H27N3O. The molecule has 132 valence electrons. The third-order valence-corrected chi connectivity index (χ3v) is 4.43. The molecule has 0 aliphatic carbocycles. The second kappa shape index (κ2) is 9.74. The van der Waals surface area contributed by atoms with E-state index in [4.69, 9.17) is 11.1 Å². The van der Waals surface area contributed by atoms with Crippen molar-refractivity contribution in [2.24, 2.45) is 11.7 Å². The zero-order chi connectivity index (χ0) is 18.1. The van der Waals surface area contributed by atoms with Gasteiger partial charge in [0, 0.05) is 24.4 Å². The van der Waals surface area contributed by atoms with E-state index >= 15 is 0 Å². The summed E-state index contributed by atoms with van der Waals surface area (Å²) in [5.74, 6) is 0.510. The van der Waals surface area contributed by atoms with Gasteiger partial charge < -0.3 is 11.1 Å².